The van der Waals surface area contributed by atoms with Crippen LogP contribution in [-0.4, -0.2) is 84.4 Å². The second-order valence-corrected chi connectivity index (χ2v) is 5.38. The van der Waals surface area contributed by atoms with Gasteiger partial charge in [-0.05, 0) is 25.1 Å². The molecule has 0 atom stereocenters. The highest BCUT2D eigenvalue weighted by atomic mass is 16.3. The molecule has 1 aliphatic rings. The Labute approximate surface area is 125 Å². The number of anilines is 1. The predicted octanol–water partition coefficient (Wildman–Crippen LogP) is -0.317. The van der Waals surface area contributed by atoms with Crippen molar-refractivity contribution >= 4 is 11.7 Å². The summed E-state index contributed by atoms with van der Waals surface area (Å²) >= 11 is 0. The van der Waals surface area contributed by atoms with Crippen LogP contribution < -0.4 is 4.90 Å². The second-order valence-electron chi connectivity index (χ2n) is 5.38. The highest BCUT2D eigenvalue weighted by molar-refractivity contribution is 5.91. The van der Waals surface area contributed by atoms with E-state index in [-0.39, 0.29) is 12.5 Å². The first-order valence-electron chi connectivity index (χ1n) is 7.25. The molecule has 1 saturated heterocycles. The van der Waals surface area contributed by atoms with E-state index < -0.39 is 0 Å². The van der Waals surface area contributed by atoms with Gasteiger partial charge in [0, 0.05) is 40.3 Å². The molecule has 0 aliphatic carbocycles. The van der Waals surface area contributed by atoms with Crippen molar-refractivity contribution in [3.8, 4) is 0 Å². The van der Waals surface area contributed by atoms with Crippen LogP contribution in [-0.2, 0) is 0 Å². The number of nitrogens with zero attached hydrogens (tertiary/aromatic N) is 5. The number of hydrogen-bond acceptors (Lipinski definition) is 6. The molecule has 1 fully saturated rings. The number of amides is 1. The maximum atomic E-state index is 11.8. The molecule has 0 spiro atoms. The van der Waals surface area contributed by atoms with Crippen molar-refractivity contribution < 1.29 is 9.90 Å². The molecule has 1 aromatic rings. The monoisotopic (exact) mass is 293 g/mol. The van der Waals surface area contributed by atoms with Crippen LogP contribution in [0.25, 0.3) is 0 Å². The minimum absolute atomic E-state index is 0.140. The first-order chi connectivity index (χ1) is 10.1. The lowest BCUT2D eigenvalue weighted by molar-refractivity contribution is 0.0821. The van der Waals surface area contributed by atoms with Crippen LogP contribution in [0.4, 0.5) is 5.82 Å². The third kappa shape index (κ3) is 4.12. The highest BCUT2D eigenvalue weighted by Crippen LogP contribution is 2.13. The number of carbonyl (C=O) groups excluding carboxylic acids is 1. The fraction of sp³-hybridized carbons (Fsp3) is 0.643. The summed E-state index contributed by atoms with van der Waals surface area (Å²) in [5.41, 5.74) is 0.362. The third-order valence-electron chi connectivity index (χ3n) is 3.60. The lowest BCUT2D eigenvalue weighted by Crippen LogP contribution is -2.33. The quantitative estimate of drug-likeness (QED) is 0.820. The van der Waals surface area contributed by atoms with Gasteiger partial charge in [0.1, 0.15) is 0 Å². The van der Waals surface area contributed by atoms with Gasteiger partial charge in [0.15, 0.2) is 11.5 Å². The molecule has 1 amide bonds. The molecule has 1 aliphatic heterocycles. The summed E-state index contributed by atoms with van der Waals surface area (Å²) in [6, 6.07) is 3.58. The molecule has 7 heteroatoms. The summed E-state index contributed by atoms with van der Waals surface area (Å²) in [5, 5.41) is 17.2. The van der Waals surface area contributed by atoms with E-state index in [0.717, 1.165) is 45.0 Å². The Kier molecular flexibility index (Phi) is 5.46. The Bertz CT molecular complexity index is 463. The highest BCUT2D eigenvalue weighted by Gasteiger charge is 2.17. The summed E-state index contributed by atoms with van der Waals surface area (Å²) < 4.78 is 0. The molecule has 0 bridgehead atoms. The standard InChI is InChI=1S/C14H23N5O2/c1-17(2)14(21)12-4-5-13(16-15-12)19-7-3-6-18(8-9-19)10-11-20/h4-5,20H,3,6-11H2,1-2H3. The molecule has 0 unspecified atom stereocenters. The van der Waals surface area contributed by atoms with Gasteiger partial charge in [-0.15, -0.1) is 10.2 Å². The van der Waals surface area contributed by atoms with Crippen molar-refractivity contribution in [2.24, 2.45) is 0 Å². The molecular formula is C14H23N5O2. The minimum Gasteiger partial charge on any atom is -0.395 e. The molecule has 1 N–H and O–H groups in total. The summed E-state index contributed by atoms with van der Waals surface area (Å²) in [4.78, 5) is 17.7. The average molecular weight is 293 g/mol. The lowest BCUT2D eigenvalue weighted by Gasteiger charge is -2.22. The average Bonchev–Trinajstić information content (AvgIpc) is 2.73. The van der Waals surface area contributed by atoms with Gasteiger partial charge >= 0.3 is 0 Å². The summed E-state index contributed by atoms with van der Waals surface area (Å²) in [6.45, 7) is 4.58. The molecule has 7 nitrogen and oxygen atoms in total. The molecule has 0 saturated carbocycles. The number of aromatic nitrogens is 2. The van der Waals surface area contributed by atoms with Gasteiger partial charge in [0.2, 0.25) is 0 Å². The largest absolute Gasteiger partial charge is 0.395 e. The second kappa shape index (κ2) is 7.33. The molecule has 116 valence electrons. The van der Waals surface area contributed by atoms with E-state index in [9.17, 15) is 4.79 Å². The van der Waals surface area contributed by atoms with Gasteiger partial charge in [-0.1, -0.05) is 0 Å². The van der Waals surface area contributed by atoms with Crippen molar-refractivity contribution in [3.05, 3.63) is 17.8 Å². The Morgan fingerprint density at radius 2 is 2.05 bits per heavy atom. The topological polar surface area (TPSA) is 72.8 Å². The van der Waals surface area contributed by atoms with Gasteiger partial charge < -0.3 is 14.9 Å². The zero-order valence-electron chi connectivity index (χ0n) is 12.7. The van der Waals surface area contributed by atoms with Crippen molar-refractivity contribution in [2.75, 3.05) is 58.3 Å². The minimum atomic E-state index is -0.140. The van der Waals surface area contributed by atoms with Crippen LogP contribution in [0.5, 0.6) is 0 Å². The van der Waals surface area contributed by atoms with Gasteiger partial charge in [-0.2, -0.15) is 0 Å². The van der Waals surface area contributed by atoms with Crippen LogP contribution >= 0.6 is 0 Å². The fourth-order valence-corrected chi connectivity index (χ4v) is 2.40. The molecule has 2 rings (SSSR count). The van der Waals surface area contributed by atoms with Crippen LogP contribution in [0.2, 0.25) is 0 Å². The van der Waals surface area contributed by atoms with E-state index in [0.29, 0.717) is 5.69 Å². The van der Waals surface area contributed by atoms with Crippen molar-refractivity contribution in [1.82, 2.24) is 20.0 Å². The Balaban J connectivity index is 2.00. The number of hydrogen-bond donors (Lipinski definition) is 1. The number of carbonyl (C=O) groups is 1. The van der Waals surface area contributed by atoms with E-state index in [2.05, 4.69) is 20.0 Å². The molecule has 21 heavy (non-hydrogen) atoms. The maximum absolute atomic E-state index is 11.8. The van der Waals surface area contributed by atoms with Gasteiger partial charge in [0.05, 0.1) is 6.61 Å². The fourth-order valence-electron chi connectivity index (χ4n) is 2.40. The van der Waals surface area contributed by atoms with Crippen LogP contribution in [0.1, 0.15) is 16.9 Å². The Hall–Kier alpha value is -1.73. The van der Waals surface area contributed by atoms with Crippen LogP contribution in [0.15, 0.2) is 12.1 Å². The van der Waals surface area contributed by atoms with Crippen molar-refractivity contribution in [2.45, 2.75) is 6.42 Å². The first kappa shape index (κ1) is 15.7. The number of aliphatic hydroxyl groups is 1. The number of rotatable bonds is 4. The van der Waals surface area contributed by atoms with Gasteiger partial charge in [-0.3, -0.25) is 9.69 Å². The summed E-state index contributed by atoms with van der Waals surface area (Å²) in [6.07, 6.45) is 1.03. The van der Waals surface area contributed by atoms with Crippen LogP contribution in [0, 0.1) is 0 Å². The molecule has 1 aromatic heterocycles. The van der Waals surface area contributed by atoms with E-state index in [4.69, 9.17) is 5.11 Å². The molecule has 0 radical (unpaired) electrons. The normalized spacial score (nSPS) is 16.6. The van der Waals surface area contributed by atoms with Gasteiger partial charge in [-0.25, -0.2) is 0 Å². The lowest BCUT2D eigenvalue weighted by atomic mass is 10.3. The SMILES string of the molecule is CN(C)C(=O)c1ccc(N2CCCN(CCO)CC2)nn1. The maximum Gasteiger partial charge on any atom is 0.273 e. The summed E-state index contributed by atoms with van der Waals surface area (Å²) in [7, 11) is 3.39. The summed E-state index contributed by atoms with van der Waals surface area (Å²) in [5.74, 6) is 0.662. The molecular weight excluding hydrogens is 270 g/mol. The first-order valence-corrected chi connectivity index (χ1v) is 7.25. The van der Waals surface area contributed by atoms with E-state index in [1.54, 1.807) is 20.2 Å². The van der Waals surface area contributed by atoms with Gasteiger partial charge in [0.25, 0.3) is 5.91 Å². The Morgan fingerprint density at radius 3 is 2.67 bits per heavy atom. The van der Waals surface area contributed by atoms with E-state index >= 15 is 0 Å². The molecule has 0 aromatic carbocycles. The zero-order valence-corrected chi connectivity index (χ0v) is 12.7. The third-order valence-corrected chi connectivity index (χ3v) is 3.60. The zero-order chi connectivity index (χ0) is 15.2. The smallest absolute Gasteiger partial charge is 0.273 e. The molecule has 2 heterocycles. The van der Waals surface area contributed by atoms with E-state index in [1.807, 2.05) is 6.07 Å². The van der Waals surface area contributed by atoms with Crippen molar-refractivity contribution in [3.63, 3.8) is 0 Å². The van der Waals surface area contributed by atoms with E-state index in [1.165, 1.54) is 4.90 Å². The Morgan fingerprint density at radius 1 is 1.24 bits per heavy atom. The number of β-amino-alcohol motifs (C(OH)–C–C–N with tert-alkyl or cyclic N) is 1. The van der Waals surface area contributed by atoms with Crippen LogP contribution in [0.3, 0.4) is 0 Å². The van der Waals surface area contributed by atoms with Crippen molar-refractivity contribution in [1.29, 1.82) is 0 Å². The number of aliphatic hydroxyl groups excluding tert-OH is 1. The predicted molar refractivity (Wildman–Crippen MR) is 80.4 cm³/mol.